The number of hydrogen-bond donors (Lipinski definition) is 2. The maximum Gasteiger partial charge on any atom is 0.322 e. The van der Waals surface area contributed by atoms with Crippen LogP contribution in [-0.2, 0) is 0 Å². The second kappa shape index (κ2) is 6.91. The van der Waals surface area contributed by atoms with Crippen LogP contribution in [0.3, 0.4) is 0 Å². The second-order valence-corrected chi connectivity index (χ2v) is 5.32. The first kappa shape index (κ1) is 16.3. The molecule has 0 atom stereocenters. The summed E-state index contributed by atoms with van der Waals surface area (Å²) >= 11 is 0. The highest BCUT2D eigenvalue weighted by atomic mass is 16.5. The van der Waals surface area contributed by atoms with E-state index in [9.17, 15) is 9.59 Å². The summed E-state index contributed by atoms with van der Waals surface area (Å²) in [5, 5.41) is 8.56. The highest BCUT2D eigenvalue weighted by Gasteiger charge is 2.08. The number of ether oxygens (including phenoxy) is 1. The van der Waals surface area contributed by atoms with E-state index in [1.807, 2.05) is 19.9 Å². The smallest absolute Gasteiger partial charge is 0.322 e. The molecule has 25 heavy (non-hydrogen) atoms. The van der Waals surface area contributed by atoms with Crippen LogP contribution in [0.4, 0.5) is 5.69 Å². The average Bonchev–Trinajstić information content (AvgIpc) is 2.56. The van der Waals surface area contributed by atoms with Gasteiger partial charge >= 0.3 is 6.01 Å². The van der Waals surface area contributed by atoms with Crippen molar-refractivity contribution in [1.29, 1.82) is 0 Å². The molecule has 0 saturated carbocycles. The molecule has 0 unspecified atom stereocenters. The molecule has 0 radical (unpaired) electrons. The summed E-state index contributed by atoms with van der Waals surface area (Å²) in [6.45, 7) is 3.73. The number of rotatable bonds is 4. The SMILES string of the molecule is Cc1cc(C)nc(Oc2ccc(NC(=O)c3ccc(=O)[nH]n3)cc2)n1. The summed E-state index contributed by atoms with van der Waals surface area (Å²) in [4.78, 5) is 31.4. The van der Waals surface area contributed by atoms with Gasteiger partial charge in [0, 0.05) is 23.1 Å². The predicted octanol–water partition coefficient (Wildman–Crippen LogP) is 2.22. The Morgan fingerprint density at radius 3 is 2.32 bits per heavy atom. The fourth-order valence-corrected chi connectivity index (χ4v) is 2.12. The summed E-state index contributed by atoms with van der Waals surface area (Å²) in [6.07, 6.45) is 0. The standard InChI is InChI=1S/C17H15N5O3/c1-10-9-11(2)19-17(18-10)25-13-5-3-12(4-6-13)20-16(24)14-7-8-15(23)22-21-14/h3-9H,1-2H3,(H,20,24)(H,22,23). The molecule has 0 aliphatic heterocycles. The fourth-order valence-electron chi connectivity index (χ4n) is 2.12. The van der Waals surface area contributed by atoms with E-state index in [0.29, 0.717) is 11.4 Å². The number of aromatic nitrogens is 4. The zero-order chi connectivity index (χ0) is 17.8. The molecule has 2 N–H and O–H groups in total. The van der Waals surface area contributed by atoms with Crippen LogP contribution < -0.4 is 15.6 Å². The van der Waals surface area contributed by atoms with Crippen molar-refractivity contribution < 1.29 is 9.53 Å². The molecule has 0 saturated heterocycles. The largest absolute Gasteiger partial charge is 0.424 e. The second-order valence-electron chi connectivity index (χ2n) is 5.32. The Labute approximate surface area is 142 Å². The van der Waals surface area contributed by atoms with Crippen LogP contribution in [0.1, 0.15) is 21.9 Å². The lowest BCUT2D eigenvalue weighted by Gasteiger charge is -2.07. The van der Waals surface area contributed by atoms with Crippen LogP contribution in [0.2, 0.25) is 0 Å². The lowest BCUT2D eigenvalue weighted by Crippen LogP contribution is -2.17. The van der Waals surface area contributed by atoms with Crippen molar-refractivity contribution in [1.82, 2.24) is 20.2 Å². The number of nitrogens with one attached hydrogen (secondary N) is 2. The van der Waals surface area contributed by atoms with Crippen molar-refractivity contribution in [2.75, 3.05) is 5.32 Å². The number of carbonyl (C=O) groups excluding carboxylic acids is 1. The molecule has 8 nitrogen and oxygen atoms in total. The van der Waals surface area contributed by atoms with Gasteiger partial charge in [0.05, 0.1) is 0 Å². The first-order chi connectivity index (χ1) is 12.0. The number of carbonyl (C=O) groups is 1. The summed E-state index contributed by atoms with van der Waals surface area (Å²) < 4.78 is 5.61. The van der Waals surface area contributed by atoms with Gasteiger partial charge in [-0.3, -0.25) is 9.59 Å². The van der Waals surface area contributed by atoms with Crippen LogP contribution >= 0.6 is 0 Å². The van der Waals surface area contributed by atoms with Gasteiger partial charge in [0.1, 0.15) is 11.4 Å². The Kier molecular flexibility index (Phi) is 4.51. The minimum atomic E-state index is -0.428. The van der Waals surface area contributed by atoms with E-state index >= 15 is 0 Å². The lowest BCUT2D eigenvalue weighted by molar-refractivity contribution is 0.102. The van der Waals surface area contributed by atoms with Crippen molar-refractivity contribution >= 4 is 11.6 Å². The molecule has 1 amide bonds. The van der Waals surface area contributed by atoms with Gasteiger partial charge in [-0.1, -0.05) is 0 Å². The third-order valence-corrected chi connectivity index (χ3v) is 3.19. The van der Waals surface area contributed by atoms with Gasteiger partial charge in [-0.05, 0) is 50.2 Å². The number of H-pyrrole nitrogens is 1. The third kappa shape index (κ3) is 4.25. The van der Waals surface area contributed by atoms with Crippen molar-refractivity contribution in [3.63, 3.8) is 0 Å². The molecule has 3 aromatic rings. The number of hydrogen-bond acceptors (Lipinski definition) is 6. The van der Waals surface area contributed by atoms with E-state index in [1.165, 1.54) is 12.1 Å². The lowest BCUT2D eigenvalue weighted by atomic mass is 10.3. The minimum Gasteiger partial charge on any atom is -0.424 e. The normalized spacial score (nSPS) is 10.3. The van der Waals surface area contributed by atoms with E-state index in [2.05, 4.69) is 25.5 Å². The molecule has 2 aromatic heterocycles. The van der Waals surface area contributed by atoms with Gasteiger partial charge in [0.15, 0.2) is 0 Å². The predicted molar refractivity (Wildman–Crippen MR) is 90.8 cm³/mol. The van der Waals surface area contributed by atoms with Crippen LogP contribution in [-0.4, -0.2) is 26.1 Å². The van der Waals surface area contributed by atoms with E-state index in [1.54, 1.807) is 24.3 Å². The maximum absolute atomic E-state index is 12.0. The molecule has 0 bridgehead atoms. The van der Waals surface area contributed by atoms with Crippen molar-refractivity contribution in [2.24, 2.45) is 0 Å². The minimum absolute atomic E-state index is 0.114. The molecule has 126 valence electrons. The van der Waals surface area contributed by atoms with Gasteiger partial charge in [0.2, 0.25) is 0 Å². The van der Waals surface area contributed by atoms with Crippen LogP contribution in [0.5, 0.6) is 11.8 Å². The van der Waals surface area contributed by atoms with E-state index in [4.69, 9.17) is 4.74 Å². The fraction of sp³-hybridized carbons (Fsp3) is 0.118. The highest BCUT2D eigenvalue weighted by molar-refractivity contribution is 6.02. The Morgan fingerprint density at radius 2 is 1.72 bits per heavy atom. The van der Waals surface area contributed by atoms with Gasteiger partial charge in [-0.2, -0.15) is 5.10 Å². The molecular formula is C17H15N5O3. The van der Waals surface area contributed by atoms with Crippen LogP contribution in [0, 0.1) is 13.8 Å². The Balaban J connectivity index is 1.68. The van der Waals surface area contributed by atoms with Crippen molar-refractivity contribution in [2.45, 2.75) is 13.8 Å². The molecule has 0 aliphatic rings. The van der Waals surface area contributed by atoms with Crippen LogP contribution in [0.15, 0.2) is 47.3 Å². The molecule has 8 heteroatoms. The zero-order valence-corrected chi connectivity index (χ0v) is 13.6. The van der Waals surface area contributed by atoms with E-state index in [-0.39, 0.29) is 17.3 Å². The monoisotopic (exact) mass is 337 g/mol. The third-order valence-electron chi connectivity index (χ3n) is 3.19. The highest BCUT2D eigenvalue weighted by Crippen LogP contribution is 2.21. The topological polar surface area (TPSA) is 110 Å². The van der Waals surface area contributed by atoms with Crippen molar-refractivity contribution in [3.05, 3.63) is 69.9 Å². The number of nitrogens with zero attached hydrogens (tertiary/aromatic N) is 3. The first-order valence-corrected chi connectivity index (χ1v) is 7.47. The zero-order valence-electron chi connectivity index (χ0n) is 13.6. The molecule has 1 aromatic carbocycles. The molecule has 0 fully saturated rings. The van der Waals surface area contributed by atoms with Gasteiger partial charge in [-0.15, -0.1) is 0 Å². The van der Waals surface area contributed by atoms with Gasteiger partial charge in [-0.25, -0.2) is 15.1 Å². The van der Waals surface area contributed by atoms with Gasteiger partial charge < -0.3 is 10.1 Å². The molecule has 2 heterocycles. The molecule has 3 rings (SSSR count). The summed E-state index contributed by atoms with van der Waals surface area (Å²) in [5.74, 6) is 0.118. The number of aryl methyl sites for hydroxylation is 2. The van der Waals surface area contributed by atoms with Crippen molar-refractivity contribution in [3.8, 4) is 11.8 Å². The number of amides is 1. The maximum atomic E-state index is 12.0. The number of benzene rings is 1. The summed E-state index contributed by atoms with van der Waals surface area (Å²) in [7, 11) is 0. The molecule has 0 spiro atoms. The average molecular weight is 337 g/mol. The Hall–Kier alpha value is -3.55. The summed E-state index contributed by atoms with van der Waals surface area (Å²) in [6, 6.07) is 11.5. The van der Waals surface area contributed by atoms with E-state index in [0.717, 1.165) is 11.4 Å². The van der Waals surface area contributed by atoms with E-state index < -0.39 is 5.91 Å². The Morgan fingerprint density at radius 1 is 1.04 bits per heavy atom. The number of aromatic amines is 1. The Bertz CT molecular complexity index is 926. The quantitative estimate of drug-likeness (QED) is 0.755. The molecule has 0 aliphatic carbocycles. The van der Waals surface area contributed by atoms with Crippen LogP contribution in [0.25, 0.3) is 0 Å². The number of anilines is 1. The first-order valence-electron chi connectivity index (χ1n) is 7.47. The summed E-state index contributed by atoms with van der Waals surface area (Å²) in [5.41, 5.74) is 1.95. The van der Waals surface area contributed by atoms with Gasteiger partial charge in [0.25, 0.3) is 11.5 Å². The molecular weight excluding hydrogens is 322 g/mol.